The van der Waals surface area contributed by atoms with Crippen LogP contribution in [0.5, 0.6) is 0 Å². The first-order valence-corrected chi connectivity index (χ1v) is 11.6. The van der Waals surface area contributed by atoms with Crippen LogP contribution in [-0.4, -0.2) is 5.78 Å². The molecule has 1 nitrogen and oxygen atoms in total. The Kier molecular flexibility index (Phi) is 5.73. The lowest BCUT2D eigenvalue weighted by Gasteiger charge is -2.25. The van der Waals surface area contributed by atoms with Crippen LogP contribution in [0.15, 0.2) is 114 Å². The summed E-state index contributed by atoms with van der Waals surface area (Å²) in [6, 6.07) is 29.7. The fourth-order valence-electron chi connectivity index (χ4n) is 5.12. The van der Waals surface area contributed by atoms with Crippen LogP contribution in [0.4, 0.5) is 0 Å². The minimum atomic E-state index is -0.0974. The van der Waals surface area contributed by atoms with Crippen molar-refractivity contribution in [3.63, 3.8) is 0 Å². The molecule has 2 aliphatic carbocycles. The van der Waals surface area contributed by atoms with E-state index >= 15 is 0 Å². The second-order valence-corrected chi connectivity index (χ2v) is 8.76. The highest BCUT2D eigenvalue weighted by atomic mass is 16.1. The molecule has 0 aromatic heterocycles. The maximum Gasteiger partial charge on any atom is 0.167 e. The van der Waals surface area contributed by atoms with Crippen molar-refractivity contribution in [2.45, 2.75) is 26.2 Å². The zero-order chi connectivity index (χ0) is 21.9. The Balaban J connectivity index is 1.51. The lowest BCUT2D eigenvalue weighted by molar-refractivity contribution is -0.118. The van der Waals surface area contributed by atoms with Crippen LogP contribution in [0.3, 0.4) is 0 Å². The first-order chi connectivity index (χ1) is 15.7. The van der Waals surface area contributed by atoms with Gasteiger partial charge in [-0.15, -0.1) is 0 Å². The second-order valence-electron chi connectivity index (χ2n) is 8.76. The van der Waals surface area contributed by atoms with Crippen molar-refractivity contribution in [1.82, 2.24) is 0 Å². The molecular formula is C31H28O. The number of fused-ring (bicyclic) bond motifs is 1. The maximum absolute atomic E-state index is 13.9. The molecule has 3 aromatic rings. The standard InChI is InChI=1S/C31H28O/c1-2-22-16-18-24(19-17-22)20-26-14-9-15-27-29(25-12-7-4-8-13-25)28(31(32)30(26)27)21-23-10-5-3-6-11-23/h3-19,27,30H,2,20-21H2,1H3. The molecule has 0 saturated heterocycles. The molecule has 5 rings (SSSR count). The normalized spacial score (nSPS) is 19.8. The predicted molar refractivity (Wildman–Crippen MR) is 132 cm³/mol. The number of hydrogen-bond donors (Lipinski definition) is 0. The van der Waals surface area contributed by atoms with Gasteiger partial charge in [0.05, 0.1) is 5.92 Å². The van der Waals surface area contributed by atoms with Crippen LogP contribution in [0.25, 0.3) is 5.57 Å². The first-order valence-electron chi connectivity index (χ1n) is 11.6. The Hall–Kier alpha value is -3.45. The van der Waals surface area contributed by atoms with E-state index in [9.17, 15) is 4.79 Å². The van der Waals surface area contributed by atoms with Crippen molar-refractivity contribution in [3.05, 3.63) is 137 Å². The summed E-state index contributed by atoms with van der Waals surface area (Å²) in [5, 5.41) is 0. The van der Waals surface area contributed by atoms with Crippen molar-refractivity contribution in [1.29, 1.82) is 0 Å². The van der Waals surface area contributed by atoms with E-state index in [1.807, 2.05) is 12.1 Å². The Morgan fingerprint density at radius 1 is 0.719 bits per heavy atom. The minimum absolute atomic E-state index is 0.0974. The number of hydrogen-bond acceptors (Lipinski definition) is 1. The van der Waals surface area contributed by atoms with E-state index in [1.54, 1.807) is 0 Å². The van der Waals surface area contributed by atoms with Crippen LogP contribution in [0.1, 0.15) is 29.2 Å². The second kappa shape index (κ2) is 8.96. The Morgan fingerprint density at radius 3 is 2.03 bits per heavy atom. The largest absolute Gasteiger partial charge is 0.294 e. The van der Waals surface area contributed by atoms with Gasteiger partial charge in [-0.2, -0.15) is 0 Å². The summed E-state index contributed by atoms with van der Waals surface area (Å²) >= 11 is 0. The third-order valence-electron chi connectivity index (χ3n) is 6.77. The summed E-state index contributed by atoms with van der Waals surface area (Å²) in [5.41, 5.74) is 8.37. The summed E-state index contributed by atoms with van der Waals surface area (Å²) in [6.45, 7) is 2.18. The summed E-state index contributed by atoms with van der Waals surface area (Å²) in [6.07, 6.45) is 9.10. The summed E-state index contributed by atoms with van der Waals surface area (Å²) < 4.78 is 0. The van der Waals surface area contributed by atoms with E-state index in [0.29, 0.717) is 12.2 Å². The van der Waals surface area contributed by atoms with Crippen LogP contribution in [0.2, 0.25) is 0 Å². The van der Waals surface area contributed by atoms with Crippen LogP contribution >= 0.6 is 0 Å². The average molecular weight is 417 g/mol. The average Bonchev–Trinajstić information content (AvgIpc) is 3.13. The van der Waals surface area contributed by atoms with Gasteiger partial charge in [-0.1, -0.05) is 116 Å². The van der Waals surface area contributed by atoms with E-state index in [2.05, 4.69) is 97.9 Å². The molecule has 2 unspecified atom stereocenters. The lowest BCUT2D eigenvalue weighted by Crippen LogP contribution is -2.22. The highest BCUT2D eigenvalue weighted by Gasteiger charge is 2.43. The molecule has 0 N–H and O–H groups in total. The quantitative estimate of drug-likeness (QED) is 0.432. The Bertz CT molecular complexity index is 1190. The smallest absolute Gasteiger partial charge is 0.167 e. The summed E-state index contributed by atoms with van der Waals surface area (Å²) in [4.78, 5) is 13.9. The van der Waals surface area contributed by atoms with E-state index < -0.39 is 0 Å². The monoisotopic (exact) mass is 416 g/mol. The minimum Gasteiger partial charge on any atom is -0.294 e. The fourth-order valence-corrected chi connectivity index (χ4v) is 5.12. The molecule has 2 atom stereocenters. The van der Waals surface area contributed by atoms with Gasteiger partial charge < -0.3 is 0 Å². The SMILES string of the molecule is CCc1ccc(CC2=CC=CC3C(c4ccccc4)=C(Cc4ccccc4)C(=O)C23)cc1. The lowest BCUT2D eigenvalue weighted by atomic mass is 9.77. The molecule has 1 heteroatoms. The molecule has 0 fully saturated rings. The van der Waals surface area contributed by atoms with Crippen molar-refractivity contribution in [3.8, 4) is 0 Å². The topological polar surface area (TPSA) is 17.1 Å². The molecular weight excluding hydrogens is 388 g/mol. The molecule has 0 aliphatic heterocycles. The van der Waals surface area contributed by atoms with Gasteiger partial charge in [-0.25, -0.2) is 0 Å². The molecule has 0 radical (unpaired) electrons. The molecule has 0 heterocycles. The van der Waals surface area contributed by atoms with Gasteiger partial charge in [0.25, 0.3) is 0 Å². The summed E-state index contributed by atoms with van der Waals surface area (Å²) in [7, 11) is 0. The predicted octanol–water partition coefficient (Wildman–Crippen LogP) is 6.80. The number of ketones is 1. The van der Waals surface area contributed by atoms with Crippen LogP contribution < -0.4 is 0 Å². The number of Topliss-reactive ketones (excluding diaryl/α,β-unsaturated/α-hetero) is 1. The zero-order valence-corrected chi connectivity index (χ0v) is 18.5. The molecule has 0 saturated carbocycles. The van der Waals surface area contributed by atoms with Crippen LogP contribution in [-0.2, 0) is 24.1 Å². The third-order valence-corrected chi connectivity index (χ3v) is 6.77. The van der Waals surface area contributed by atoms with E-state index in [4.69, 9.17) is 0 Å². The molecule has 0 amide bonds. The van der Waals surface area contributed by atoms with Gasteiger partial charge in [0.1, 0.15) is 0 Å². The summed E-state index contributed by atoms with van der Waals surface area (Å²) in [5.74, 6) is 0.303. The Labute approximate surface area is 190 Å². The molecule has 3 aromatic carbocycles. The molecule has 2 aliphatic rings. The van der Waals surface area contributed by atoms with Gasteiger partial charge in [0.2, 0.25) is 0 Å². The van der Waals surface area contributed by atoms with Gasteiger partial charge in [0, 0.05) is 17.9 Å². The number of aryl methyl sites for hydroxylation is 1. The van der Waals surface area contributed by atoms with Crippen LogP contribution in [0, 0.1) is 11.8 Å². The number of allylic oxidation sites excluding steroid dienone is 6. The molecule has 0 spiro atoms. The van der Waals surface area contributed by atoms with E-state index in [0.717, 1.165) is 24.0 Å². The van der Waals surface area contributed by atoms with Crippen molar-refractivity contribution in [2.24, 2.45) is 11.8 Å². The maximum atomic E-state index is 13.9. The third kappa shape index (κ3) is 3.91. The van der Waals surface area contributed by atoms with Gasteiger partial charge >= 0.3 is 0 Å². The molecule has 0 bridgehead atoms. The number of rotatable bonds is 6. The molecule has 158 valence electrons. The zero-order valence-electron chi connectivity index (χ0n) is 18.5. The van der Waals surface area contributed by atoms with E-state index in [1.165, 1.54) is 27.8 Å². The fraction of sp³-hybridized carbons (Fsp3) is 0.194. The van der Waals surface area contributed by atoms with Gasteiger partial charge in [-0.05, 0) is 40.7 Å². The Morgan fingerprint density at radius 2 is 1.34 bits per heavy atom. The van der Waals surface area contributed by atoms with Crippen molar-refractivity contribution in [2.75, 3.05) is 0 Å². The number of benzene rings is 3. The van der Waals surface area contributed by atoms with E-state index in [-0.39, 0.29) is 11.8 Å². The first kappa shape index (κ1) is 20.5. The molecule has 32 heavy (non-hydrogen) atoms. The van der Waals surface area contributed by atoms with Gasteiger partial charge in [-0.3, -0.25) is 4.79 Å². The highest BCUT2D eigenvalue weighted by molar-refractivity contribution is 6.12. The number of carbonyl (C=O) groups excluding carboxylic acids is 1. The highest BCUT2D eigenvalue weighted by Crippen LogP contribution is 2.47. The number of carbonyl (C=O) groups is 1. The van der Waals surface area contributed by atoms with Crippen molar-refractivity contribution < 1.29 is 4.79 Å². The van der Waals surface area contributed by atoms with Gasteiger partial charge in [0.15, 0.2) is 5.78 Å². The van der Waals surface area contributed by atoms with Crippen molar-refractivity contribution >= 4 is 11.4 Å².